The highest BCUT2D eigenvalue weighted by molar-refractivity contribution is 7.09. The van der Waals surface area contributed by atoms with Crippen LogP contribution in [0.15, 0.2) is 53.9 Å². The number of nitrogens with zero attached hydrogens (tertiary/aromatic N) is 2. The molecule has 1 heterocycles. The summed E-state index contributed by atoms with van der Waals surface area (Å²) in [6, 6.07) is 14.1. The third-order valence-electron chi connectivity index (χ3n) is 3.90. The van der Waals surface area contributed by atoms with E-state index in [0.29, 0.717) is 5.56 Å². The van der Waals surface area contributed by atoms with Gasteiger partial charge in [-0.1, -0.05) is 42.5 Å². The van der Waals surface area contributed by atoms with Crippen LogP contribution in [0.1, 0.15) is 16.1 Å². The minimum atomic E-state index is -0.444. The molecule has 26 heavy (non-hydrogen) atoms. The van der Waals surface area contributed by atoms with E-state index in [1.165, 1.54) is 6.07 Å². The van der Waals surface area contributed by atoms with E-state index in [1.807, 2.05) is 36.6 Å². The first-order valence-corrected chi connectivity index (χ1v) is 8.91. The highest BCUT2D eigenvalue weighted by atomic mass is 32.1. The Kier molecular flexibility index (Phi) is 5.38. The van der Waals surface area contributed by atoms with E-state index < -0.39 is 4.92 Å². The number of aromatic nitrogens is 1. The zero-order valence-electron chi connectivity index (χ0n) is 14.1. The van der Waals surface area contributed by atoms with Crippen molar-refractivity contribution in [2.75, 3.05) is 0 Å². The number of hydrogen-bond donors (Lipinski definition) is 1. The number of amides is 1. The number of nitro benzene ring substituents is 1. The third kappa shape index (κ3) is 4.31. The molecule has 1 N–H and O–H groups in total. The highest BCUT2D eigenvalue weighted by Crippen LogP contribution is 2.22. The first-order chi connectivity index (χ1) is 12.5. The van der Waals surface area contributed by atoms with Gasteiger partial charge in [0.05, 0.1) is 22.0 Å². The summed E-state index contributed by atoms with van der Waals surface area (Å²) >= 11 is 1.60. The third-order valence-corrected chi connectivity index (χ3v) is 4.67. The van der Waals surface area contributed by atoms with Gasteiger partial charge in [0.15, 0.2) is 0 Å². The van der Waals surface area contributed by atoms with Crippen molar-refractivity contribution in [3.63, 3.8) is 0 Å². The van der Waals surface area contributed by atoms with Crippen LogP contribution in [0, 0.1) is 17.0 Å². The van der Waals surface area contributed by atoms with Crippen molar-refractivity contribution in [2.24, 2.45) is 0 Å². The molecule has 0 saturated carbocycles. The number of nitro groups is 1. The van der Waals surface area contributed by atoms with Crippen molar-refractivity contribution < 1.29 is 9.72 Å². The second-order valence-corrected chi connectivity index (χ2v) is 6.85. The first-order valence-electron chi connectivity index (χ1n) is 8.03. The molecular weight excluding hydrogens is 350 g/mol. The van der Waals surface area contributed by atoms with Crippen molar-refractivity contribution in [2.45, 2.75) is 19.9 Å². The Hall–Kier alpha value is -3.06. The summed E-state index contributed by atoms with van der Waals surface area (Å²) in [6.07, 6.45) is 0.219. The van der Waals surface area contributed by atoms with Gasteiger partial charge in [0, 0.05) is 29.1 Å². The molecule has 0 radical (unpaired) electrons. The maximum atomic E-state index is 12.1. The molecule has 0 atom stereocenters. The zero-order chi connectivity index (χ0) is 18.5. The summed E-state index contributed by atoms with van der Waals surface area (Å²) in [5.74, 6) is -0.180. The molecule has 0 spiro atoms. The summed E-state index contributed by atoms with van der Waals surface area (Å²) in [4.78, 5) is 27.1. The summed E-state index contributed by atoms with van der Waals surface area (Å²) < 4.78 is 0. The summed E-state index contributed by atoms with van der Waals surface area (Å²) in [7, 11) is 0. The Labute approximate surface area is 154 Å². The molecule has 0 aliphatic rings. The minimum Gasteiger partial charge on any atom is -0.351 e. The maximum Gasteiger partial charge on any atom is 0.274 e. The van der Waals surface area contributed by atoms with Crippen LogP contribution in [-0.4, -0.2) is 15.8 Å². The predicted octanol–water partition coefficient (Wildman–Crippen LogP) is 3.89. The summed E-state index contributed by atoms with van der Waals surface area (Å²) in [5.41, 5.74) is 3.31. The fourth-order valence-corrected chi connectivity index (χ4v) is 3.19. The summed E-state index contributed by atoms with van der Waals surface area (Å²) in [5, 5.41) is 16.8. The van der Waals surface area contributed by atoms with Crippen LogP contribution < -0.4 is 5.32 Å². The van der Waals surface area contributed by atoms with E-state index in [2.05, 4.69) is 10.3 Å². The fraction of sp³-hybridized carbons (Fsp3) is 0.158. The van der Waals surface area contributed by atoms with E-state index in [4.69, 9.17) is 0 Å². The molecule has 0 fully saturated rings. The minimum absolute atomic E-state index is 0.00992. The van der Waals surface area contributed by atoms with Gasteiger partial charge in [-0.2, -0.15) is 0 Å². The van der Waals surface area contributed by atoms with E-state index in [1.54, 1.807) is 29.5 Å². The average Bonchev–Trinajstić information content (AvgIpc) is 3.07. The van der Waals surface area contributed by atoms with Gasteiger partial charge in [-0.05, 0) is 12.5 Å². The van der Waals surface area contributed by atoms with Crippen LogP contribution in [0.2, 0.25) is 0 Å². The van der Waals surface area contributed by atoms with Gasteiger partial charge < -0.3 is 5.32 Å². The zero-order valence-corrected chi connectivity index (χ0v) is 15.0. The number of nitrogens with one attached hydrogen (secondary N) is 1. The molecule has 132 valence electrons. The normalized spacial score (nSPS) is 10.5. The molecule has 2 aromatic carbocycles. The topological polar surface area (TPSA) is 85.1 Å². The van der Waals surface area contributed by atoms with Gasteiger partial charge >= 0.3 is 0 Å². The molecule has 0 aliphatic carbocycles. The van der Waals surface area contributed by atoms with Gasteiger partial charge in [0.25, 0.3) is 5.69 Å². The van der Waals surface area contributed by atoms with Crippen molar-refractivity contribution >= 4 is 22.9 Å². The van der Waals surface area contributed by atoms with Gasteiger partial charge in [0.2, 0.25) is 5.91 Å². The van der Waals surface area contributed by atoms with E-state index >= 15 is 0 Å². The number of carbonyl (C=O) groups is 1. The molecule has 1 aromatic heterocycles. The van der Waals surface area contributed by atoms with Crippen molar-refractivity contribution in [3.05, 3.63) is 80.2 Å². The van der Waals surface area contributed by atoms with Crippen molar-refractivity contribution in [1.82, 2.24) is 10.3 Å². The lowest BCUT2D eigenvalue weighted by molar-refractivity contribution is -0.385. The number of thiazole rings is 1. The molecular formula is C19H17N3O3S. The van der Waals surface area contributed by atoms with Crippen LogP contribution in [-0.2, 0) is 17.8 Å². The average molecular weight is 367 g/mol. The molecule has 3 aromatic rings. The number of rotatable bonds is 6. The van der Waals surface area contributed by atoms with Crippen molar-refractivity contribution in [1.29, 1.82) is 0 Å². The lowest BCUT2D eigenvalue weighted by Gasteiger charge is -2.07. The van der Waals surface area contributed by atoms with Crippen LogP contribution in [0.4, 0.5) is 5.69 Å². The molecule has 0 aliphatic heterocycles. The lowest BCUT2D eigenvalue weighted by atomic mass is 10.1. The SMILES string of the molecule is Cc1nc(-c2ccc(CC(=O)NCc3ccccc3[N+](=O)[O-])cc2)cs1. The van der Waals surface area contributed by atoms with Gasteiger partial charge in [-0.15, -0.1) is 11.3 Å². The maximum absolute atomic E-state index is 12.1. The quantitative estimate of drug-likeness (QED) is 0.529. The monoisotopic (exact) mass is 367 g/mol. The molecule has 0 unspecified atom stereocenters. The van der Waals surface area contributed by atoms with Crippen LogP contribution in [0.25, 0.3) is 11.3 Å². The Balaban J connectivity index is 1.59. The molecule has 3 rings (SSSR count). The largest absolute Gasteiger partial charge is 0.351 e. The first kappa shape index (κ1) is 17.8. The van der Waals surface area contributed by atoms with Crippen LogP contribution in [0.3, 0.4) is 0 Å². The molecule has 6 nitrogen and oxygen atoms in total. The Morgan fingerprint density at radius 1 is 1.19 bits per heavy atom. The fourth-order valence-electron chi connectivity index (χ4n) is 2.57. The predicted molar refractivity (Wildman–Crippen MR) is 101 cm³/mol. The standard InChI is InChI=1S/C19H17N3O3S/c1-13-21-17(12-26-13)15-8-6-14(7-9-15)10-19(23)20-11-16-4-2-3-5-18(16)22(24)25/h2-9,12H,10-11H2,1H3,(H,20,23). The number of carbonyl (C=O) groups excluding carboxylic acids is 1. The second kappa shape index (κ2) is 7.88. The number of para-hydroxylation sites is 1. The Bertz CT molecular complexity index is 935. The summed E-state index contributed by atoms with van der Waals surface area (Å²) in [6.45, 7) is 2.09. The Morgan fingerprint density at radius 3 is 2.58 bits per heavy atom. The highest BCUT2D eigenvalue weighted by Gasteiger charge is 2.13. The Morgan fingerprint density at radius 2 is 1.92 bits per heavy atom. The molecule has 7 heteroatoms. The van der Waals surface area contributed by atoms with Gasteiger partial charge in [0.1, 0.15) is 0 Å². The smallest absolute Gasteiger partial charge is 0.274 e. The molecule has 0 bridgehead atoms. The van der Waals surface area contributed by atoms with E-state index in [9.17, 15) is 14.9 Å². The van der Waals surface area contributed by atoms with Crippen LogP contribution in [0.5, 0.6) is 0 Å². The lowest BCUT2D eigenvalue weighted by Crippen LogP contribution is -2.24. The van der Waals surface area contributed by atoms with Gasteiger partial charge in [-0.3, -0.25) is 14.9 Å². The number of hydrogen-bond acceptors (Lipinski definition) is 5. The number of benzene rings is 2. The molecule has 1 amide bonds. The number of aryl methyl sites for hydroxylation is 1. The van der Waals surface area contributed by atoms with Gasteiger partial charge in [-0.25, -0.2) is 4.98 Å². The van der Waals surface area contributed by atoms with Crippen LogP contribution >= 0.6 is 11.3 Å². The van der Waals surface area contributed by atoms with Crippen molar-refractivity contribution in [3.8, 4) is 11.3 Å². The second-order valence-electron chi connectivity index (χ2n) is 5.79. The van der Waals surface area contributed by atoms with E-state index in [0.717, 1.165) is 21.8 Å². The molecule has 0 saturated heterocycles. The van der Waals surface area contributed by atoms with E-state index in [-0.39, 0.29) is 24.6 Å².